The topological polar surface area (TPSA) is 107 Å². The van der Waals surface area contributed by atoms with Crippen LogP contribution in [-0.4, -0.2) is 112 Å². The number of methoxy groups -OCH3 is 1. The number of fused-ring (bicyclic) bond motifs is 2. The number of carboxylic acids is 1. The molecular weight excluding hydrogens is 578 g/mol. The molecule has 1 N–H and O–H groups in total. The molecule has 246 valence electrons. The number of quaternary nitrogens is 1. The van der Waals surface area contributed by atoms with Crippen LogP contribution in [0.3, 0.4) is 0 Å². The number of aliphatic carboxylic acids is 1. The van der Waals surface area contributed by atoms with Gasteiger partial charge in [0.25, 0.3) is 0 Å². The van der Waals surface area contributed by atoms with Gasteiger partial charge in [-0.3, -0.25) is 14.5 Å². The van der Waals surface area contributed by atoms with E-state index in [0.29, 0.717) is 61.2 Å². The van der Waals surface area contributed by atoms with E-state index in [1.165, 1.54) is 0 Å². The molecule has 45 heavy (non-hydrogen) atoms. The van der Waals surface area contributed by atoms with Gasteiger partial charge < -0.3 is 38.2 Å². The van der Waals surface area contributed by atoms with Crippen molar-refractivity contribution in [2.45, 2.75) is 51.0 Å². The van der Waals surface area contributed by atoms with E-state index in [0.717, 1.165) is 41.4 Å². The number of hydrogen-bond donors (Lipinski definition) is 1. The highest BCUT2D eigenvalue weighted by Crippen LogP contribution is 2.47. The van der Waals surface area contributed by atoms with Gasteiger partial charge in [0.05, 0.1) is 47.3 Å². The maximum atomic E-state index is 13.9. The number of para-hydroxylation sites is 1. The fourth-order valence-corrected chi connectivity index (χ4v) is 6.76. The number of benzene rings is 2. The van der Waals surface area contributed by atoms with Crippen molar-refractivity contribution < 1.29 is 42.9 Å². The lowest BCUT2D eigenvalue weighted by Gasteiger charge is -2.31. The Morgan fingerprint density at radius 3 is 2.47 bits per heavy atom. The smallest absolute Gasteiger partial charge is 0.308 e. The summed E-state index contributed by atoms with van der Waals surface area (Å²) >= 11 is 0. The molecule has 11 nitrogen and oxygen atoms in total. The molecular formula is C34H48N3O8+. The summed E-state index contributed by atoms with van der Waals surface area (Å²) in [6.07, 6.45) is 3.96. The van der Waals surface area contributed by atoms with Crippen LogP contribution < -0.4 is 23.7 Å². The quantitative estimate of drug-likeness (QED) is 0.294. The molecule has 0 aliphatic carbocycles. The number of amides is 1. The molecule has 5 rings (SSSR count). The van der Waals surface area contributed by atoms with E-state index in [1.807, 2.05) is 35.2 Å². The molecule has 1 fully saturated rings. The maximum absolute atomic E-state index is 13.9. The van der Waals surface area contributed by atoms with Crippen LogP contribution in [0, 0.1) is 5.92 Å². The maximum Gasteiger partial charge on any atom is 0.308 e. The normalized spacial score (nSPS) is 20.4. The number of carbonyl (C=O) groups excluding carboxylic acids is 1. The average Bonchev–Trinajstić information content (AvgIpc) is 3.75. The fraction of sp³-hybridized carbons (Fsp3) is 0.588. The van der Waals surface area contributed by atoms with Gasteiger partial charge >= 0.3 is 5.97 Å². The van der Waals surface area contributed by atoms with Crippen molar-refractivity contribution in [1.29, 1.82) is 0 Å². The van der Waals surface area contributed by atoms with Crippen LogP contribution in [0.25, 0.3) is 0 Å². The predicted molar refractivity (Wildman–Crippen MR) is 168 cm³/mol. The van der Waals surface area contributed by atoms with E-state index >= 15 is 0 Å². The zero-order valence-corrected chi connectivity index (χ0v) is 27.3. The molecule has 0 saturated carbocycles. The van der Waals surface area contributed by atoms with Gasteiger partial charge in [-0.25, -0.2) is 0 Å². The molecule has 3 aliphatic rings. The van der Waals surface area contributed by atoms with Crippen molar-refractivity contribution >= 4 is 11.9 Å². The summed E-state index contributed by atoms with van der Waals surface area (Å²) in [7, 11) is 8.03. The summed E-state index contributed by atoms with van der Waals surface area (Å²) in [4.78, 5) is 31.1. The molecule has 3 unspecified atom stereocenters. The summed E-state index contributed by atoms with van der Waals surface area (Å²) in [6, 6.07) is 9.13. The second-order valence-corrected chi connectivity index (χ2v) is 13.2. The Bertz CT molecular complexity index is 1360. The number of aryl methyl sites for hydroxylation is 1. The van der Waals surface area contributed by atoms with Crippen LogP contribution >= 0.6 is 0 Å². The zero-order valence-electron chi connectivity index (χ0n) is 27.3. The van der Waals surface area contributed by atoms with Crippen molar-refractivity contribution in [3.8, 4) is 28.7 Å². The molecule has 1 amide bonds. The van der Waals surface area contributed by atoms with Gasteiger partial charge in [0.1, 0.15) is 0 Å². The minimum absolute atomic E-state index is 0.0419. The first kappa shape index (κ1) is 32.7. The van der Waals surface area contributed by atoms with Gasteiger partial charge in [0.2, 0.25) is 25.2 Å². The highest BCUT2D eigenvalue weighted by molar-refractivity contribution is 5.79. The van der Waals surface area contributed by atoms with Crippen LogP contribution in [0.2, 0.25) is 0 Å². The fourth-order valence-electron chi connectivity index (χ4n) is 6.76. The number of unbranched alkanes of at least 4 members (excludes halogenated alkanes) is 1. The van der Waals surface area contributed by atoms with Crippen LogP contribution in [0.4, 0.5) is 0 Å². The van der Waals surface area contributed by atoms with E-state index in [2.05, 4.69) is 33.0 Å². The zero-order chi connectivity index (χ0) is 32.1. The average molecular weight is 627 g/mol. The minimum atomic E-state index is -0.889. The Kier molecular flexibility index (Phi) is 10.3. The summed E-state index contributed by atoms with van der Waals surface area (Å²) in [5, 5.41) is 10.7. The molecule has 11 heteroatoms. The number of hydrogen-bond acceptors (Lipinski definition) is 8. The molecule has 0 spiro atoms. The number of rotatable bonds is 15. The molecule has 0 bridgehead atoms. The molecule has 3 atom stereocenters. The van der Waals surface area contributed by atoms with E-state index in [-0.39, 0.29) is 38.0 Å². The van der Waals surface area contributed by atoms with Crippen molar-refractivity contribution in [3.63, 3.8) is 0 Å². The van der Waals surface area contributed by atoms with Gasteiger partial charge in [-0.15, -0.1) is 0 Å². The number of likely N-dealkylation sites (tertiary alicyclic amines) is 1. The van der Waals surface area contributed by atoms with Crippen LogP contribution in [0.5, 0.6) is 28.7 Å². The first-order chi connectivity index (χ1) is 21.6. The van der Waals surface area contributed by atoms with Crippen molar-refractivity contribution in [1.82, 2.24) is 9.80 Å². The molecule has 3 heterocycles. The van der Waals surface area contributed by atoms with Crippen molar-refractivity contribution in [2.24, 2.45) is 5.92 Å². The van der Waals surface area contributed by atoms with E-state index in [1.54, 1.807) is 7.11 Å². The molecule has 0 radical (unpaired) electrons. The highest BCUT2D eigenvalue weighted by atomic mass is 16.7. The SMILES string of the molecule is CCCCN(CCC[N+](C)(C)C)C(=O)CN1CC(c2cc(OC)c3c(c2)OCO3)C(C(=O)O)C1CCc1cccc2c1OCO2. The standard InChI is InChI=1S/C34H47N3O8/c1-6-7-14-35(15-9-16-37(2,3)4)30(38)20-36-19-25(24-17-28(41-5)33-29(18-24)43-22-45-33)31(34(39)40)26(36)13-12-23-10-8-11-27-32(23)44-21-42-27/h8,10-11,17-18,25-26,31H,6-7,9,12-16,19-22H2,1-5H3/p+1. The van der Waals surface area contributed by atoms with E-state index < -0.39 is 11.9 Å². The third-order valence-electron chi connectivity index (χ3n) is 9.06. The first-order valence-electron chi connectivity index (χ1n) is 16.0. The first-order valence-corrected chi connectivity index (χ1v) is 16.0. The van der Waals surface area contributed by atoms with Gasteiger partial charge in [-0.05, 0) is 48.6 Å². The molecule has 2 aromatic carbocycles. The lowest BCUT2D eigenvalue weighted by Crippen LogP contribution is -2.45. The number of carboxylic acid groups (broad SMARTS) is 1. The van der Waals surface area contributed by atoms with Gasteiger partial charge in [-0.1, -0.05) is 25.5 Å². The second kappa shape index (κ2) is 14.2. The number of carbonyl (C=O) groups is 2. The Morgan fingerprint density at radius 1 is 1.02 bits per heavy atom. The van der Waals surface area contributed by atoms with Crippen LogP contribution in [0.1, 0.15) is 49.7 Å². The van der Waals surface area contributed by atoms with Gasteiger partial charge in [0, 0.05) is 38.0 Å². The number of nitrogens with zero attached hydrogens (tertiary/aromatic N) is 3. The summed E-state index contributed by atoms with van der Waals surface area (Å²) in [5.74, 6) is 1.01. The Hall–Kier alpha value is -3.70. The summed E-state index contributed by atoms with van der Waals surface area (Å²) in [6.45, 7) is 5.31. The lowest BCUT2D eigenvalue weighted by atomic mass is 9.83. The Balaban J connectivity index is 1.43. The van der Waals surface area contributed by atoms with E-state index in [4.69, 9.17) is 23.7 Å². The van der Waals surface area contributed by atoms with Crippen LogP contribution in [-0.2, 0) is 16.0 Å². The highest BCUT2D eigenvalue weighted by Gasteiger charge is 2.47. The molecule has 0 aromatic heterocycles. The Labute approximate surface area is 266 Å². The lowest BCUT2D eigenvalue weighted by molar-refractivity contribution is -0.870. The van der Waals surface area contributed by atoms with Crippen molar-refractivity contribution in [2.75, 3.05) is 74.6 Å². The number of ether oxygens (including phenoxy) is 5. The van der Waals surface area contributed by atoms with Gasteiger partial charge in [0.15, 0.2) is 23.0 Å². The largest absolute Gasteiger partial charge is 0.493 e. The monoisotopic (exact) mass is 626 g/mol. The Morgan fingerprint density at radius 2 is 1.76 bits per heavy atom. The summed E-state index contributed by atoms with van der Waals surface area (Å²) in [5.41, 5.74) is 1.77. The minimum Gasteiger partial charge on any atom is -0.493 e. The van der Waals surface area contributed by atoms with E-state index in [9.17, 15) is 14.7 Å². The third kappa shape index (κ3) is 7.58. The predicted octanol–water partition coefficient (Wildman–Crippen LogP) is 3.98. The summed E-state index contributed by atoms with van der Waals surface area (Å²) < 4.78 is 29.0. The molecule has 1 saturated heterocycles. The van der Waals surface area contributed by atoms with Crippen molar-refractivity contribution in [3.05, 3.63) is 41.5 Å². The molecule has 2 aromatic rings. The molecule has 3 aliphatic heterocycles. The second-order valence-electron chi connectivity index (χ2n) is 13.2. The third-order valence-corrected chi connectivity index (χ3v) is 9.06. The van der Waals surface area contributed by atoms with Gasteiger partial charge in [-0.2, -0.15) is 0 Å². The van der Waals surface area contributed by atoms with Crippen LogP contribution in [0.15, 0.2) is 30.3 Å².